The monoisotopic (exact) mass is 147 g/mol. The molecule has 0 saturated heterocycles. The Balaban J connectivity index is 3.72. The third kappa shape index (κ3) is 3.99. The van der Waals surface area contributed by atoms with Gasteiger partial charge < -0.3 is 9.47 Å². The van der Waals surface area contributed by atoms with Gasteiger partial charge in [0.15, 0.2) is 6.29 Å². The van der Waals surface area contributed by atoms with Crippen LogP contribution in [0.25, 0.3) is 0 Å². The third-order valence-electron chi connectivity index (χ3n) is 0.830. The fourth-order valence-corrected chi connectivity index (χ4v) is 0.394. The summed E-state index contributed by atoms with van der Waals surface area (Å²) in [7, 11) is 2.80. The fourth-order valence-electron chi connectivity index (χ4n) is 0.394. The Morgan fingerprint density at radius 3 is 2.30 bits per heavy atom. The van der Waals surface area contributed by atoms with Gasteiger partial charge in [0.1, 0.15) is 0 Å². The van der Waals surface area contributed by atoms with Crippen LogP contribution >= 0.6 is 0 Å². The lowest BCUT2D eigenvalue weighted by molar-refractivity contribution is -0.403. The fraction of sp³-hybridized carbons (Fsp3) is 0.600. The number of hydrogen-bond donors (Lipinski definition) is 0. The summed E-state index contributed by atoms with van der Waals surface area (Å²) in [5.74, 6) is 0. The Labute approximate surface area is 58.4 Å². The van der Waals surface area contributed by atoms with Gasteiger partial charge in [-0.2, -0.15) is 0 Å². The number of nitrogens with zero attached hydrogens (tertiary/aromatic N) is 1. The average Bonchev–Trinajstić information content (AvgIpc) is 1.90. The molecule has 0 heterocycles. The summed E-state index contributed by atoms with van der Waals surface area (Å²) < 4.78 is 9.27. The van der Waals surface area contributed by atoms with Gasteiger partial charge in [0, 0.05) is 20.3 Å². The highest BCUT2D eigenvalue weighted by Crippen LogP contribution is 1.91. The summed E-state index contributed by atoms with van der Waals surface area (Å²) in [5, 5.41) is 9.74. The van der Waals surface area contributed by atoms with Gasteiger partial charge in [0.05, 0.1) is 4.92 Å². The van der Waals surface area contributed by atoms with E-state index in [0.717, 1.165) is 6.20 Å². The second-order valence-electron chi connectivity index (χ2n) is 1.47. The van der Waals surface area contributed by atoms with Crippen LogP contribution in [0.3, 0.4) is 0 Å². The molecule has 5 heteroatoms. The van der Waals surface area contributed by atoms with E-state index in [-0.39, 0.29) is 0 Å². The quantitative estimate of drug-likeness (QED) is 0.328. The molecule has 0 N–H and O–H groups in total. The first-order chi connectivity index (χ1) is 4.70. The Kier molecular flexibility index (Phi) is 4.43. The van der Waals surface area contributed by atoms with Gasteiger partial charge in [-0.05, 0) is 0 Å². The Bertz CT molecular complexity index is 130. The lowest BCUT2D eigenvalue weighted by atomic mass is 10.6. The first-order valence-electron chi connectivity index (χ1n) is 2.58. The molecule has 0 aliphatic rings. The van der Waals surface area contributed by atoms with E-state index in [9.17, 15) is 10.1 Å². The summed E-state index contributed by atoms with van der Waals surface area (Å²) in [5.41, 5.74) is 0. The highest BCUT2D eigenvalue weighted by atomic mass is 16.7. The normalized spacial score (nSPS) is 11.1. The summed E-state index contributed by atoms with van der Waals surface area (Å²) in [6.07, 6.45) is 1.35. The number of hydrogen-bond acceptors (Lipinski definition) is 4. The summed E-state index contributed by atoms with van der Waals surface area (Å²) in [4.78, 5) is 9.16. The lowest BCUT2D eigenvalue weighted by Crippen LogP contribution is -2.09. The van der Waals surface area contributed by atoms with Gasteiger partial charge in [0.25, 0.3) is 0 Å². The zero-order valence-electron chi connectivity index (χ0n) is 5.81. The summed E-state index contributed by atoms with van der Waals surface area (Å²) in [6.45, 7) is 0. The number of rotatable bonds is 4. The minimum Gasteiger partial charge on any atom is -0.352 e. The van der Waals surface area contributed by atoms with Crippen LogP contribution in [-0.4, -0.2) is 25.4 Å². The van der Waals surface area contributed by atoms with Crippen LogP contribution in [0.5, 0.6) is 0 Å². The summed E-state index contributed by atoms with van der Waals surface area (Å²) in [6, 6.07) is 0. The van der Waals surface area contributed by atoms with Crippen LogP contribution < -0.4 is 0 Å². The topological polar surface area (TPSA) is 61.6 Å². The van der Waals surface area contributed by atoms with Gasteiger partial charge in [-0.15, -0.1) is 0 Å². The van der Waals surface area contributed by atoms with Gasteiger partial charge >= 0.3 is 0 Å². The average molecular weight is 147 g/mol. The highest BCUT2D eigenvalue weighted by molar-refractivity contribution is 4.76. The second-order valence-corrected chi connectivity index (χ2v) is 1.47. The van der Waals surface area contributed by atoms with E-state index in [2.05, 4.69) is 9.47 Å². The van der Waals surface area contributed by atoms with Crippen molar-refractivity contribution in [3.05, 3.63) is 22.4 Å². The highest BCUT2D eigenvalue weighted by Gasteiger charge is 1.99. The first kappa shape index (κ1) is 9.06. The van der Waals surface area contributed by atoms with Crippen LogP contribution in [0.2, 0.25) is 0 Å². The molecule has 0 rings (SSSR count). The SMILES string of the molecule is COC(/C=C/[N+](=O)[O-])OC. The minimum atomic E-state index is -0.634. The molecule has 0 aromatic heterocycles. The van der Waals surface area contributed by atoms with Crippen LogP contribution in [0, 0.1) is 10.1 Å². The predicted molar refractivity (Wildman–Crippen MR) is 33.9 cm³/mol. The molecule has 10 heavy (non-hydrogen) atoms. The maximum absolute atomic E-state index is 9.74. The van der Waals surface area contributed by atoms with Crippen molar-refractivity contribution in [1.29, 1.82) is 0 Å². The molecule has 58 valence electrons. The molecule has 5 nitrogen and oxygen atoms in total. The molecule has 0 aromatic carbocycles. The van der Waals surface area contributed by atoms with Crippen molar-refractivity contribution in [3.8, 4) is 0 Å². The Morgan fingerprint density at radius 1 is 1.50 bits per heavy atom. The molecule has 0 atom stereocenters. The van der Waals surface area contributed by atoms with Crippen molar-refractivity contribution in [3.63, 3.8) is 0 Å². The number of nitro groups is 1. The van der Waals surface area contributed by atoms with Crippen molar-refractivity contribution in [2.75, 3.05) is 14.2 Å². The maximum Gasteiger partial charge on any atom is 0.235 e. The van der Waals surface area contributed by atoms with Crippen molar-refractivity contribution < 1.29 is 14.4 Å². The maximum atomic E-state index is 9.74. The van der Waals surface area contributed by atoms with Crippen LogP contribution in [0.15, 0.2) is 12.3 Å². The molecule has 0 fully saturated rings. The first-order valence-corrected chi connectivity index (χ1v) is 2.58. The predicted octanol–water partition coefficient (Wildman–Crippen LogP) is 0.396. The van der Waals surface area contributed by atoms with Gasteiger partial charge in [0.2, 0.25) is 6.20 Å². The number of methoxy groups -OCH3 is 2. The molecule has 0 bridgehead atoms. The van der Waals surface area contributed by atoms with Crippen molar-refractivity contribution >= 4 is 0 Å². The van der Waals surface area contributed by atoms with Gasteiger partial charge in [-0.25, -0.2) is 0 Å². The van der Waals surface area contributed by atoms with E-state index >= 15 is 0 Å². The third-order valence-corrected chi connectivity index (χ3v) is 0.830. The molecule has 0 aliphatic carbocycles. The molecule has 0 saturated carbocycles. The van der Waals surface area contributed by atoms with E-state index in [0.29, 0.717) is 0 Å². The molecular formula is C5H9NO4. The molecular weight excluding hydrogens is 138 g/mol. The lowest BCUT2D eigenvalue weighted by Gasteiger charge is -2.04. The van der Waals surface area contributed by atoms with Crippen LogP contribution in [0.4, 0.5) is 0 Å². The molecule has 0 aromatic rings. The van der Waals surface area contributed by atoms with Gasteiger partial charge in [-0.3, -0.25) is 10.1 Å². The van der Waals surface area contributed by atoms with E-state index < -0.39 is 11.2 Å². The van der Waals surface area contributed by atoms with E-state index in [4.69, 9.17) is 0 Å². The van der Waals surface area contributed by atoms with Crippen LogP contribution in [0.1, 0.15) is 0 Å². The smallest absolute Gasteiger partial charge is 0.235 e. The van der Waals surface area contributed by atoms with E-state index in [1.54, 1.807) is 0 Å². The van der Waals surface area contributed by atoms with Gasteiger partial charge in [-0.1, -0.05) is 0 Å². The van der Waals surface area contributed by atoms with E-state index in [1.165, 1.54) is 20.3 Å². The molecule has 0 radical (unpaired) electrons. The molecule has 0 unspecified atom stereocenters. The molecule has 0 aliphatic heterocycles. The standard InChI is InChI=1S/C5H9NO4/c1-9-5(10-2)3-4-6(7)8/h3-5H,1-2H3/b4-3+. The minimum absolute atomic E-state index is 0.578. The zero-order valence-corrected chi connectivity index (χ0v) is 5.81. The zero-order chi connectivity index (χ0) is 7.98. The second kappa shape index (κ2) is 4.89. The molecule has 0 spiro atoms. The Hall–Kier alpha value is -0.940. The largest absolute Gasteiger partial charge is 0.352 e. The van der Waals surface area contributed by atoms with Crippen molar-refractivity contribution in [2.45, 2.75) is 6.29 Å². The van der Waals surface area contributed by atoms with Crippen molar-refractivity contribution in [1.82, 2.24) is 0 Å². The summed E-state index contributed by atoms with van der Waals surface area (Å²) >= 11 is 0. The molecule has 0 amide bonds. The van der Waals surface area contributed by atoms with E-state index in [1.807, 2.05) is 0 Å². The Morgan fingerprint density at radius 2 is 2.00 bits per heavy atom. The van der Waals surface area contributed by atoms with Crippen LogP contribution in [-0.2, 0) is 9.47 Å². The number of ether oxygens (including phenoxy) is 2. The van der Waals surface area contributed by atoms with Crippen molar-refractivity contribution in [2.24, 2.45) is 0 Å².